The van der Waals surface area contributed by atoms with Crippen molar-refractivity contribution in [2.45, 2.75) is 6.92 Å². The lowest BCUT2D eigenvalue weighted by Crippen LogP contribution is -2.47. The molecule has 1 fully saturated rings. The predicted octanol–water partition coefficient (Wildman–Crippen LogP) is 2.31. The average molecular weight is 361 g/mol. The van der Waals surface area contributed by atoms with Crippen LogP contribution < -0.4 is 9.47 Å². The van der Waals surface area contributed by atoms with E-state index in [9.17, 15) is 4.79 Å². The van der Waals surface area contributed by atoms with Crippen molar-refractivity contribution < 1.29 is 14.3 Å². The van der Waals surface area contributed by atoms with E-state index in [1.54, 1.807) is 14.2 Å². The number of ether oxygens (including phenoxy) is 2. The van der Waals surface area contributed by atoms with E-state index < -0.39 is 0 Å². The molecule has 1 saturated heterocycles. The van der Waals surface area contributed by atoms with Gasteiger partial charge in [-0.05, 0) is 36.5 Å². The third-order valence-corrected chi connectivity index (χ3v) is 5.47. The number of amidine groups is 1. The zero-order valence-corrected chi connectivity index (χ0v) is 15.6. The summed E-state index contributed by atoms with van der Waals surface area (Å²) in [5.41, 5.74) is 0.839. The van der Waals surface area contributed by atoms with Gasteiger partial charge in [0.15, 0.2) is 5.17 Å². The summed E-state index contributed by atoms with van der Waals surface area (Å²) in [7, 11) is 3.22. The first-order valence-corrected chi connectivity index (χ1v) is 9.18. The number of methoxy groups -OCH3 is 2. The summed E-state index contributed by atoms with van der Waals surface area (Å²) < 4.78 is 10.6. The van der Waals surface area contributed by atoms with E-state index in [1.165, 1.54) is 11.8 Å². The Bertz CT molecular complexity index is 710. The Balaban J connectivity index is 1.73. The van der Waals surface area contributed by atoms with Crippen molar-refractivity contribution in [3.63, 3.8) is 0 Å². The summed E-state index contributed by atoms with van der Waals surface area (Å²) in [6.45, 7) is 7.07. The van der Waals surface area contributed by atoms with Gasteiger partial charge in [-0.3, -0.25) is 4.79 Å². The lowest BCUT2D eigenvalue weighted by atomic mass is 10.1. The molecule has 0 spiro atoms. The van der Waals surface area contributed by atoms with E-state index in [1.807, 2.05) is 24.3 Å². The largest absolute Gasteiger partial charge is 0.497 e. The molecule has 0 atom stereocenters. The first-order valence-electron chi connectivity index (χ1n) is 8.36. The van der Waals surface area contributed by atoms with Crippen LogP contribution >= 0.6 is 11.8 Å². The minimum atomic E-state index is -0.184. The zero-order valence-electron chi connectivity index (χ0n) is 14.8. The van der Waals surface area contributed by atoms with Gasteiger partial charge < -0.3 is 19.3 Å². The summed E-state index contributed by atoms with van der Waals surface area (Å²) in [5, 5.41) is 0.805. The Morgan fingerprint density at radius 2 is 1.96 bits per heavy atom. The second kappa shape index (κ2) is 7.93. The second-order valence-electron chi connectivity index (χ2n) is 5.84. The van der Waals surface area contributed by atoms with Gasteiger partial charge in [0.25, 0.3) is 5.91 Å². The van der Waals surface area contributed by atoms with E-state index in [2.05, 4.69) is 21.7 Å². The molecular weight excluding hydrogens is 338 g/mol. The van der Waals surface area contributed by atoms with Gasteiger partial charge in [-0.15, -0.1) is 0 Å². The molecule has 2 aliphatic heterocycles. The van der Waals surface area contributed by atoms with Crippen LogP contribution in [-0.4, -0.2) is 67.8 Å². The number of rotatable bonds is 4. The molecule has 2 aliphatic rings. The van der Waals surface area contributed by atoms with Crippen LogP contribution in [0.5, 0.6) is 11.5 Å². The number of aliphatic imine (C=N–C) groups is 1. The molecule has 0 unspecified atom stereocenters. The number of amides is 1. The van der Waals surface area contributed by atoms with E-state index in [4.69, 9.17) is 9.47 Å². The molecule has 0 aromatic heterocycles. The maximum atomic E-state index is 12.3. The number of carbonyl (C=O) groups excluding carboxylic acids is 1. The van der Waals surface area contributed by atoms with Crippen LogP contribution in [0.2, 0.25) is 0 Å². The lowest BCUT2D eigenvalue weighted by molar-refractivity contribution is -0.113. The van der Waals surface area contributed by atoms with Crippen LogP contribution in [-0.2, 0) is 4.79 Å². The van der Waals surface area contributed by atoms with Gasteiger partial charge in [-0.2, -0.15) is 4.99 Å². The molecule has 2 heterocycles. The molecule has 7 heteroatoms. The fourth-order valence-corrected chi connectivity index (χ4v) is 3.82. The minimum absolute atomic E-state index is 0.184. The Morgan fingerprint density at radius 3 is 2.60 bits per heavy atom. The van der Waals surface area contributed by atoms with Crippen LogP contribution in [0.25, 0.3) is 6.08 Å². The van der Waals surface area contributed by atoms with Crippen molar-refractivity contribution in [3.05, 3.63) is 28.7 Å². The van der Waals surface area contributed by atoms with Crippen LogP contribution in [0.1, 0.15) is 12.5 Å². The molecule has 0 N–H and O–H groups in total. The van der Waals surface area contributed by atoms with Crippen LogP contribution in [0.15, 0.2) is 28.1 Å². The Hall–Kier alpha value is -1.99. The van der Waals surface area contributed by atoms with Crippen LogP contribution in [0, 0.1) is 0 Å². The summed E-state index contributed by atoms with van der Waals surface area (Å²) in [6, 6.07) is 5.55. The first kappa shape index (κ1) is 17.8. The molecule has 1 aromatic rings. The molecule has 1 aromatic carbocycles. The topological polar surface area (TPSA) is 54.4 Å². The second-order valence-corrected chi connectivity index (χ2v) is 6.85. The number of nitrogens with zero attached hydrogens (tertiary/aromatic N) is 3. The quantitative estimate of drug-likeness (QED) is 0.767. The number of hydrogen-bond acceptors (Lipinski definition) is 6. The zero-order chi connectivity index (χ0) is 17.8. The van der Waals surface area contributed by atoms with Gasteiger partial charge in [-0.25, -0.2) is 0 Å². The van der Waals surface area contributed by atoms with Gasteiger partial charge >= 0.3 is 0 Å². The lowest BCUT2D eigenvalue weighted by Gasteiger charge is -2.34. The van der Waals surface area contributed by atoms with Crippen molar-refractivity contribution in [3.8, 4) is 11.5 Å². The molecule has 3 rings (SSSR count). The predicted molar refractivity (Wildman–Crippen MR) is 101 cm³/mol. The fourth-order valence-electron chi connectivity index (χ4n) is 2.87. The summed E-state index contributed by atoms with van der Waals surface area (Å²) >= 11 is 1.44. The maximum absolute atomic E-state index is 12.3. The fraction of sp³-hybridized carbons (Fsp3) is 0.444. The Morgan fingerprint density at radius 1 is 1.20 bits per heavy atom. The molecule has 6 nitrogen and oxygen atoms in total. The van der Waals surface area contributed by atoms with Gasteiger partial charge in [0.05, 0.1) is 19.1 Å². The van der Waals surface area contributed by atoms with Crippen LogP contribution in [0.4, 0.5) is 0 Å². The monoisotopic (exact) mass is 361 g/mol. The van der Waals surface area contributed by atoms with Gasteiger partial charge in [0.1, 0.15) is 11.5 Å². The number of benzene rings is 1. The van der Waals surface area contributed by atoms with Crippen molar-refractivity contribution in [1.82, 2.24) is 9.80 Å². The first-order chi connectivity index (χ1) is 12.1. The number of carbonyl (C=O) groups is 1. The van der Waals surface area contributed by atoms with E-state index in [0.717, 1.165) is 49.2 Å². The summed E-state index contributed by atoms with van der Waals surface area (Å²) in [4.78, 5) is 21.8. The molecule has 1 amide bonds. The highest BCUT2D eigenvalue weighted by Crippen LogP contribution is 2.33. The highest BCUT2D eigenvalue weighted by molar-refractivity contribution is 8.18. The third-order valence-electron chi connectivity index (χ3n) is 4.43. The normalized spacial score (nSPS) is 20.1. The maximum Gasteiger partial charge on any atom is 0.286 e. The summed E-state index contributed by atoms with van der Waals surface area (Å²) in [5.74, 6) is 1.20. The molecule has 0 aliphatic carbocycles. The van der Waals surface area contributed by atoms with Crippen molar-refractivity contribution in [2.75, 3.05) is 46.9 Å². The Kier molecular flexibility index (Phi) is 5.65. The number of likely N-dealkylation sites (N-methyl/N-ethyl adjacent to an activating group) is 1. The summed E-state index contributed by atoms with van der Waals surface area (Å²) in [6.07, 6.45) is 1.84. The van der Waals surface area contributed by atoms with E-state index >= 15 is 0 Å². The van der Waals surface area contributed by atoms with Crippen molar-refractivity contribution in [1.29, 1.82) is 0 Å². The van der Waals surface area contributed by atoms with E-state index in [0.29, 0.717) is 10.7 Å². The van der Waals surface area contributed by atoms with Gasteiger partial charge in [0.2, 0.25) is 0 Å². The molecular formula is C18H23N3O3S. The molecule has 25 heavy (non-hydrogen) atoms. The standard InChI is InChI=1S/C18H23N3O3S/c1-4-20-7-9-21(10-8-20)18-19-17(22)16(25-18)11-13-5-6-14(23-2)12-15(13)24-3/h5-6,11-12H,4,7-10H2,1-3H3/b16-11+. The molecule has 0 radical (unpaired) electrons. The highest BCUT2D eigenvalue weighted by Gasteiger charge is 2.28. The third kappa shape index (κ3) is 3.99. The smallest absolute Gasteiger partial charge is 0.286 e. The molecule has 0 saturated carbocycles. The van der Waals surface area contributed by atoms with Crippen LogP contribution in [0.3, 0.4) is 0 Å². The number of piperazine rings is 1. The molecule has 0 bridgehead atoms. The van der Waals surface area contributed by atoms with Gasteiger partial charge in [-0.1, -0.05) is 6.92 Å². The minimum Gasteiger partial charge on any atom is -0.497 e. The van der Waals surface area contributed by atoms with E-state index in [-0.39, 0.29) is 5.91 Å². The Labute approximate surface area is 152 Å². The number of hydrogen-bond donors (Lipinski definition) is 0. The number of thioether (sulfide) groups is 1. The van der Waals surface area contributed by atoms with Crippen molar-refractivity contribution in [2.24, 2.45) is 4.99 Å². The SMILES string of the molecule is CCN1CCN(C2=NC(=O)/C(=C\c3ccc(OC)cc3OC)S2)CC1. The highest BCUT2D eigenvalue weighted by atomic mass is 32.2. The van der Waals surface area contributed by atoms with Gasteiger partial charge in [0, 0.05) is 37.8 Å². The van der Waals surface area contributed by atoms with Crippen molar-refractivity contribution >= 4 is 28.9 Å². The molecule has 134 valence electrons. The average Bonchev–Trinajstić information content (AvgIpc) is 3.02.